The number of carbonyl (C=O) groups excluding carboxylic acids is 2. The van der Waals surface area contributed by atoms with Gasteiger partial charge in [0.25, 0.3) is 10.0 Å². The third kappa shape index (κ3) is 8.55. The number of nitrogens with zero attached hydrogens (tertiary/aromatic N) is 2. The molecule has 0 aliphatic heterocycles. The molecule has 9 nitrogen and oxygen atoms in total. The molecule has 0 saturated carbocycles. The number of sulfonamides is 1. The number of ether oxygens (including phenoxy) is 2. The molecule has 0 heterocycles. The maximum Gasteiger partial charge on any atom is 0.264 e. The Hall–Kier alpha value is -3.47. The Kier molecular flexibility index (Phi) is 12.5. The summed E-state index contributed by atoms with van der Waals surface area (Å²) >= 11 is 12.6. The van der Waals surface area contributed by atoms with Crippen LogP contribution in [0.2, 0.25) is 10.0 Å². The lowest BCUT2D eigenvalue weighted by Gasteiger charge is -2.33. The molecule has 0 fully saturated rings. The van der Waals surface area contributed by atoms with Crippen LogP contribution in [0.1, 0.15) is 38.7 Å². The second-order valence-corrected chi connectivity index (χ2v) is 12.4. The SMILES string of the molecule is CCCCNC(=O)C(CC)N(Cc1ccc(Cl)cc1Cl)C(=O)CN(c1ccccc1)S(=O)(=O)c1ccc(OC)c(OC)c1. The molecule has 0 aromatic heterocycles. The summed E-state index contributed by atoms with van der Waals surface area (Å²) < 4.78 is 39.8. The Bertz CT molecular complexity index is 1500. The van der Waals surface area contributed by atoms with E-state index < -0.39 is 28.5 Å². The van der Waals surface area contributed by atoms with E-state index in [2.05, 4.69) is 5.32 Å². The molecular formula is C31H37Cl2N3O6S. The second-order valence-electron chi connectivity index (χ2n) is 9.69. The van der Waals surface area contributed by atoms with Crippen LogP contribution in [0, 0.1) is 0 Å². The molecule has 0 saturated heterocycles. The first kappa shape index (κ1) is 34.0. The van der Waals surface area contributed by atoms with Gasteiger partial charge in [0.15, 0.2) is 11.5 Å². The highest BCUT2D eigenvalue weighted by Crippen LogP contribution is 2.32. The van der Waals surface area contributed by atoms with Gasteiger partial charge in [0.05, 0.1) is 24.8 Å². The van der Waals surface area contributed by atoms with Gasteiger partial charge >= 0.3 is 0 Å². The normalized spacial score (nSPS) is 11.9. The number of amides is 2. The number of nitrogens with one attached hydrogen (secondary N) is 1. The number of para-hydroxylation sites is 1. The van der Waals surface area contributed by atoms with E-state index in [9.17, 15) is 18.0 Å². The largest absolute Gasteiger partial charge is 0.493 e. The fourth-order valence-electron chi connectivity index (χ4n) is 4.49. The van der Waals surface area contributed by atoms with Crippen LogP contribution in [-0.2, 0) is 26.2 Å². The summed E-state index contributed by atoms with van der Waals surface area (Å²) in [5.74, 6) is -0.341. The molecule has 0 radical (unpaired) electrons. The standard InChI is InChI=1S/C31H37Cl2N3O6S/c1-5-7-17-34-31(38)27(6-2)35(20-22-13-14-23(32)18-26(22)33)30(37)21-36(24-11-9-8-10-12-24)43(39,40)25-15-16-28(41-3)29(19-25)42-4/h8-16,18-19,27H,5-7,17,20-21H2,1-4H3,(H,34,38). The van der Waals surface area contributed by atoms with Crippen molar-refractivity contribution in [3.05, 3.63) is 82.3 Å². The molecule has 0 bridgehead atoms. The number of hydrogen-bond donors (Lipinski definition) is 1. The summed E-state index contributed by atoms with van der Waals surface area (Å²) in [6.45, 7) is 3.65. The summed E-state index contributed by atoms with van der Waals surface area (Å²) in [6.07, 6.45) is 1.97. The van der Waals surface area contributed by atoms with Crippen LogP contribution in [-0.4, -0.2) is 58.5 Å². The highest BCUT2D eigenvalue weighted by atomic mass is 35.5. The fourth-order valence-corrected chi connectivity index (χ4v) is 6.38. The Morgan fingerprint density at radius 1 is 0.930 bits per heavy atom. The van der Waals surface area contributed by atoms with Gasteiger partial charge < -0.3 is 19.7 Å². The van der Waals surface area contributed by atoms with Gasteiger partial charge in [-0.3, -0.25) is 13.9 Å². The number of carbonyl (C=O) groups is 2. The Labute approximate surface area is 263 Å². The van der Waals surface area contributed by atoms with E-state index in [0.29, 0.717) is 34.3 Å². The van der Waals surface area contributed by atoms with E-state index in [0.717, 1.165) is 17.1 Å². The predicted molar refractivity (Wildman–Crippen MR) is 170 cm³/mol. The highest BCUT2D eigenvalue weighted by Gasteiger charge is 2.34. The van der Waals surface area contributed by atoms with Gasteiger partial charge in [0.2, 0.25) is 11.8 Å². The smallest absolute Gasteiger partial charge is 0.264 e. The minimum Gasteiger partial charge on any atom is -0.493 e. The molecule has 3 aromatic rings. The number of hydrogen-bond acceptors (Lipinski definition) is 6. The van der Waals surface area contributed by atoms with Crippen molar-refractivity contribution in [3.63, 3.8) is 0 Å². The lowest BCUT2D eigenvalue weighted by Crippen LogP contribution is -2.52. The van der Waals surface area contributed by atoms with Gasteiger partial charge in [0.1, 0.15) is 12.6 Å². The Morgan fingerprint density at radius 2 is 1.63 bits per heavy atom. The maximum atomic E-state index is 14.2. The van der Waals surface area contributed by atoms with E-state index in [1.54, 1.807) is 55.5 Å². The molecule has 1 N–H and O–H groups in total. The quantitative estimate of drug-likeness (QED) is 0.205. The van der Waals surface area contributed by atoms with Crippen molar-refractivity contribution in [1.29, 1.82) is 0 Å². The number of unbranched alkanes of at least 4 members (excludes halogenated alkanes) is 1. The molecule has 3 aromatic carbocycles. The molecule has 3 rings (SSSR count). The summed E-state index contributed by atoms with van der Waals surface area (Å²) in [5.41, 5.74) is 0.837. The van der Waals surface area contributed by atoms with Crippen molar-refractivity contribution in [2.75, 3.05) is 31.6 Å². The van der Waals surface area contributed by atoms with E-state index in [1.165, 1.54) is 37.3 Å². The summed E-state index contributed by atoms with van der Waals surface area (Å²) in [7, 11) is -1.44. The summed E-state index contributed by atoms with van der Waals surface area (Å²) in [6, 6.07) is 16.5. The third-order valence-electron chi connectivity index (χ3n) is 6.84. The second kappa shape index (κ2) is 15.8. The van der Waals surface area contributed by atoms with Crippen LogP contribution in [0.15, 0.2) is 71.6 Å². The first-order chi connectivity index (χ1) is 20.6. The zero-order valence-corrected chi connectivity index (χ0v) is 27.0. The highest BCUT2D eigenvalue weighted by molar-refractivity contribution is 7.92. The molecule has 2 amide bonds. The predicted octanol–water partition coefficient (Wildman–Crippen LogP) is 5.93. The molecule has 232 valence electrons. The van der Waals surface area contributed by atoms with Crippen molar-refractivity contribution >= 4 is 50.7 Å². The first-order valence-electron chi connectivity index (χ1n) is 13.9. The Morgan fingerprint density at radius 3 is 2.23 bits per heavy atom. The molecule has 1 unspecified atom stereocenters. The van der Waals surface area contributed by atoms with Crippen LogP contribution < -0.4 is 19.1 Å². The average Bonchev–Trinajstić information content (AvgIpc) is 3.00. The van der Waals surface area contributed by atoms with Crippen LogP contribution in [0.5, 0.6) is 11.5 Å². The minimum absolute atomic E-state index is 0.0342. The van der Waals surface area contributed by atoms with Crippen molar-refractivity contribution in [2.45, 2.75) is 50.6 Å². The van der Waals surface area contributed by atoms with Crippen LogP contribution in [0.4, 0.5) is 5.69 Å². The molecule has 0 spiro atoms. The topological polar surface area (TPSA) is 105 Å². The van der Waals surface area contributed by atoms with Crippen molar-refractivity contribution in [1.82, 2.24) is 10.2 Å². The van der Waals surface area contributed by atoms with Crippen molar-refractivity contribution in [2.24, 2.45) is 0 Å². The molecule has 12 heteroatoms. The molecule has 0 aliphatic rings. The summed E-state index contributed by atoms with van der Waals surface area (Å²) in [5, 5.41) is 3.65. The van der Waals surface area contributed by atoms with Gasteiger partial charge in [-0.2, -0.15) is 0 Å². The zero-order valence-electron chi connectivity index (χ0n) is 24.7. The van der Waals surface area contributed by atoms with Crippen LogP contribution >= 0.6 is 23.2 Å². The zero-order chi connectivity index (χ0) is 31.6. The van der Waals surface area contributed by atoms with E-state index in [-0.39, 0.29) is 28.8 Å². The Balaban J connectivity index is 2.07. The number of halogens is 2. The number of rotatable bonds is 15. The first-order valence-corrected chi connectivity index (χ1v) is 16.1. The van der Waals surface area contributed by atoms with E-state index in [4.69, 9.17) is 32.7 Å². The van der Waals surface area contributed by atoms with Crippen molar-refractivity contribution < 1.29 is 27.5 Å². The fraction of sp³-hybridized carbons (Fsp3) is 0.355. The lowest BCUT2D eigenvalue weighted by molar-refractivity contribution is -0.140. The number of methoxy groups -OCH3 is 2. The lowest BCUT2D eigenvalue weighted by atomic mass is 10.1. The van der Waals surface area contributed by atoms with Gasteiger partial charge in [-0.25, -0.2) is 8.42 Å². The van der Waals surface area contributed by atoms with Crippen molar-refractivity contribution in [3.8, 4) is 11.5 Å². The van der Waals surface area contributed by atoms with Gasteiger partial charge in [-0.05, 0) is 54.8 Å². The van der Waals surface area contributed by atoms with Gasteiger partial charge in [0, 0.05) is 29.2 Å². The monoisotopic (exact) mass is 649 g/mol. The molecule has 1 atom stereocenters. The van der Waals surface area contributed by atoms with E-state index >= 15 is 0 Å². The number of anilines is 1. The molecule has 0 aliphatic carbocycles. The summed E-state index contributed by atoms with van der Waals surface area (Å²) in [4.78, 5) is 28.8. The van der Waals surface area contributed by atoms with Crippen LogP contribution in [0.3, 0.4) is 0 Å². The van der Waals surface area contributed by atoms with Gasteiger partial charge in [-0.1, -0.05) is 67.7 Å². The van der Waals surface area contributed by atoms with Gasteiger partial charge in [-0.15, -0.1) is 0 Å². The molecule has 43 heavy (non-hydrogen) atoms. The van der Waals surface area contributed by atoms with E-state index in [1.807, 2.05) is 6.92 Å². The molecular weight excluding hydrogens is 613 g/mol. The third-order valence-corrected chi connectivity index (χ3v) is 9.19. The number of benzene rings is 3. The van der Waals surface area contributed by atoms with Crippen LogP contribution in [0.25, 0.3) is 0 Å². The minimum atomic E-state index is -4.29. The average molecular weight is 651 g/mol. The maximum absolute atomic E-state index is 14.2.